The van der Waals surface area contributed by atoms with Crippen molar-refractivity contribution < 1.29 is 18.0 Å². The zero-order chi connectivity index (χ0) is 17.6. The van der Waals surface area contributed by atoms with Crippen LogP contribution in [0.15, 0.2) is 24.3 Å². The minimum absolute atomic E-state index is 0.117. The van der Waals surface area contributed by atoms with Gasteiger partial charge in [0, 0.05) is 32.2 Å². The molecule has 8 heteroatoms. The van der Waals surface area contributed by atoms with Crippen molar-refractivity contribution in [3.63, 3.8) is 0 Å². The van der Waals surface area contributed by atoms with E-state index in [1.54, 1.807) is 24.3 Å². The molecule has 0 radical (unpaired) electrons. The van der Waals surface area contributed by atoms with Crippen LogP contribution in [0.4, 0.5) is 0 Å². The average molecular weight is 363 g/mol. The lowest BCUT2D eigenvalue weighted by molar-refractivity contribution is 0.0414. The molecule has 1 atom stereocenters. The lowest BCUT2D eigenvalue weighted by Crippen LogP contribution is -2.53. The Morgan fingerprint density at radius 1 is 0.960 bits per heavy atom. The first kappa shape index (κ1) is 16.7. The highest BCUT2D eigenvalue weighted by molar-refractivity contribution is 7.91. The molecule has 0 spiro atoms. The van der Waals surface area contributed by atoms with Gasteiger partial charge >= 0.3 is 0 Å². The topological polar surface area (TPSA) is 78.0 Å². The smallest absolute Gasteiger partial charge is 0.262 e. The molecule has 1 aromatic carbocycles. The van der Waals surface area contributed by atoms with Gasteiger partial charge in [-0.15, -0.1) is 0 Å². The summed E-state index contributed by atoms with van der Waals surface area (Å²) in [7, 11) is -2.87. The van der Waals surface area contributed by atoms with Crippen LogP contribution in [-0.4, -0.2) is 85.3 Å². The van der Waals surface area contributed by atoms with Crippen molar-refractivity contribution in [1.82, 2.24) is 14.7 Å². The van der Waals surface area contributed by atoms with E-state index in [1.165, 1.54) is 4.90 Å². The Balaban J connectivity index is 1.35. The summed E-state index contributed by atoms with van der Waals surface area (Å²) in [6.45, 7) is 3.28. The lowest BCUT2D eigenvalue weighted by atomic mass is 10.1. The first-order valence-electron chi connectivity index (χ1n) is 8.57. The third kappa shape index (κ3) is 3.09. The number of carbonyl (C=O) groups excluding carboxylic acids is 2. The number of hydrogen-bond donors (Lipinski definition) is 0. The van der Waals surface area contributed by atoms with E-state index >= 15 is 0 Å². The van der Waals surface area contributed by atoms with E-state index in [-0.39, 0.29) is 29.4 Å². The number of benzene rings is 1. The number of rotatable bonds is 3. The highest BCUT2D eigenvalue weighted by atomic mass is 32.2. The van der Waals surface area contributed by atoms with Crippen molar-refractivity contribution in [2.45, 2.75) is 12.5 Å². The molecule has 2 amide bonds. The van der Waals surface area contributed by atoms with Crippen LogP contribution in [0, 0.1) is 0 Å². The zero-order valence-electron chi connectivity index (χ0n) is 13.9. The van der Waals surface area contributed by atoms with Crippen LogP contribution < -0.4 is 0 Å². The minimum Gasteiger partial charge on any atom is -0.297 e. The molecule has 134 valence electrons. The van der Waals surface area contributed by atoms with E-state index in [1.807, 2.05) is 0 Å². The average Bonchev–Trinajstić information content (AvgIpc) is 3.09. The number of hydrogen-bond acceptors (Lipinski definition) is 6. The Morgan fingerprint density at radius 2 is 1.56 bits per heavy atom. The number of piperazine rings is 1. The molecule has 3 aliphatic heterocycles. The van der Waals surface area contributed by atoms with E-state index < -0.39 is 9.84 Å². The summed E-state index contributed by atoms with van der Waals surface area (Å²) in [6.07, 6.45) is 0.709. The summed E-state index contributed by atoms with van der Waals surface area (Å²) in [5.74, 6) is 0.0769. The van der Waals surface area contributed by atoms with Crippen LogP contribution in [-0.2, 0) is 9.84 Å². The van der Waals surface area contributed by atoms with Crippen LogP contribution in [0.5, 0.6) is 0 Å². The molecular formula is C17H21N3O4S. The van der Waals surface area contributed by atoms with Gasteiger partial charge in [-0.05, 0) is 18.6 Å². The molecule has 0 aliphatic carbocycles. The van der Waals surface area contributed by atoms with Crippen LogP contribution in [0.3, 0.4) is 0 Å². The number of carbonyl (C=O) groups is 2. The predicted octanol–water partition coefficient (Wildman–Crippen LogP) is 0.0448. The normalized spacial score (nSPS) is 27.0. The summed E-state index contributed by atoms with van der Waals surface area (Å²) in [5, 5.41) is 0. The van der Waals surface area contributed by atoms with Gasteiger partial charge in [-0.1, -0.05) is 12.1 Å². The molecule has 7 nitrogen and oxygen atoms in total. The summed E-state index contributed by atoms with van der Waals surface area (Å²) in [6, 6.07) is 7.03. The van der Waals surface area contributed by atoms with Gasteiger partial charge < -0.3 is 0 Å². The second kappa shape index (κ2) is 6.19. The van der Waals surface area contributed by atoms with Crippen molar-refractivity contribution in [1.29, 1.82) is 0 Å². The van der Waals surface area contributed by atoms with Gasteiger partial charge in [0.2, 0.25) is 0 Å². The second-order valence-corrected chi connectivity index (χ2v) is 9.16. The lowest BCUT2D eigenvalue weighted by Gasteiger charge is -2.38. The van der Waals surface area contributed by atoms with Gasteiger partial charge in [-0.25, -0.2) is 8.42 Å². The van der Waals surface area contributed by atoms with Crippen molar-refractivity contribution in [3.05, 3.63) is 35.4 Å². The zero-order valence-corrected chi connectivity index (χ0v) is 14.7. The Morgan fingerprint density at radius 3 is 2.08 bits per heavy atom. The van der Waals surface area contributed by atoms with E-state index in [9.17, 15) is 18.0 Å². The molecule has 3 heterocycles. The van der Waals surface area contributed by atoms with Crippen molar-refractivity contribution in [2.75, 3.05) is 44.4 Å². The van der Waals surface area contributed by atoms with Gasteiger partial charge in [0.15, 0.2) is 9.84 Å². The Labute approximate surface area is 147 Å². The van der Waals surface area contributed by atoms with Gasteiger partial charge in [-0.3, -0.25) is 24.3 Å². The van der Waals surface area contributed by atoms with Gasteiger partial charge in [0.1, 0.15) is 0 Å². The second-order valence-electron chi connectivity index (χ2n) is 6.94. The summed E-state index contributed by atoms with van der Waals surface area (Å²) in [5.41, 5.74) is 0.949. The van der Waals surface area contributed by atoms with Crippen molar-refractivity contribution in [2.24, 2.45) is 0 Å². The fraction of sp³-hybridized carbons (Fsp3) is 0.529. The van der Waals surface area contributed by atoms with E-state index in [0.717, 1.165) is 26.2 Å². The fourth-order valence-corrected chi connectivity index (χ4v) is 5.66. The van der Waals surface area contributed by atoms with E-state index in [2.05, 4.69) is 9.80 Å². The SMILES string of the molecule is O=C1c2ccccc2C(=O)N1CN1CCN([C@@H]2CCS(=O)(=O)C2)CC1. The Kier molecular flexibility index (Phi) is 4.13. The monoisotopic (exact) mass is 363 g/mol. The first-order chi connectivity index (χ1) is 11.9. The number of fused-ring (bicyclic) bond motifs is 1. The predicted molar refractivity (Wildman–Crippen MR) is 92.0 cm³/mol. The van der Waals surface area contributed by atoms with Crippen LogP contribution in [0.25, 0.3) is 0 Å². The van der Waals surface area contributed by atoms with E-state index in [4.69, 9.17) is 0 Å². The molecule has 0 N–H and O–H groups in total. The van der Waals surface area contributed by atoms with Gasteiger partial charge in [0.25, 0.3) is 11.8 Å². The fourth-order valence-electron chi connectivity index (χ4n) is 3.90. The third-order valence-corrected chi connectivity index (χ3v) is 7.10. The Bertz CT molecular complexity index is 780. The molecule has 1 aromatic rings. The molecule has 4 rings (SSSR count). The third-order valence-electron chi connectivity index (χ3n) is 5.35. The van der Waals surface area contributed by atoms with Crippen LogP contribution in [0.2, 0.25) is 0 Å². The molecule has 0 aromatic heterocycles. The molecule has 0 bridgehead atoms. The van der Waals surface area contributed by atoms with Gasteiger partial charge in [-0.2, -0.15) is 0 Å². The van der Waals surface area contributed by atoms with E-state index in [0.29, 0.717) is 24.2 Å². The molecule has 25 heavy (non-hydrogen) atoms. The Hall–Kier alpha value is -1.77. The number of amides is 2. The number of imide groups is 1. The number of sulfone groups is 1. The molecule has 2 saturated heterocycles. The largest absolute Gasteiger partial charge is 0.297 e. The van der Waals surface area contributed by atoms with Crippen LogP contribution >= 0.6 is 0 Å². The maximum absolute atomic E-state index is 12.4. The molecule has 0 unspecified atom stereocenters. The quantitative estimate of drug-likeness (QED) is 0.706. The summed E-state index contributed by atoms with van der Waals surface area (Å²) in [4.78, 5) is 30.5. The van der Waals surface area contributed by atoms with Gasteiger partial charge in [0.05, 0.1) is 29.3 Å². The summed E-state index contributed by atoms with van der Waals surface area (Å²) < 4.78 is 23.3. The maximum Gasteiger partial charge on any atom is 0.262 e. The molecule has 0 saturated carbocycles. The van der Waals surface area contributed by atoms with Crippen molar-refractivity contribution >= 4 is 21.7 Å². The number of nitrogens with zero attached hydrogens (tertiary/aromatic N) is 3. The highest BCUT2D eigenvalue weighted by Crippen LogP contribution is 2.24. The summed E-state index contributed by atoms with van der Waals surface area (Å²) >= 11 is 0. The highest BCUT2D eigenvalue weighted by Gasteiger charge is 2.38. The standard InChI is InChI=1S/C17H21N3O4S/c21-16-14-3-1-2-4-15(14)17(22)20(16)12-18-6-8-19(9-7-18)13-5-10-25(23,24)11-13/h1-4,13H,5-12H2/t13-/m1/s1. The van der Waals surface area contributed by atoms with Crippen molar-refractivity contribution in [3.8, 4) is 0 Å². The molecular weight excluding hydrogens is 342 g/mol. The maximum atomic E-state index is 12.4. The molecule has 3 aliphatic rings. The molecule has 2 fully saturated rings. The minimum atomic E-state index is -2.87. The first-order valence-corrected chi connectivity index (χ1v) is 10.4. The van der Waals surface area contributed by atoms with Crippen LogP contribution in [0.1, 0.15) is 27.1 Å².